The van der Waals surface area contributed by atoms with Gasteiger partial charge in [0.15, 0.2) is 0 Å². The van der Waals surface area contributed by atoms with Crippen LogP contribution in [0.3, 0.4) is 0 Å². The van der Waals surface area contributed by atoms with Crippen LogP contribution in [0.4, 0.5) is 5.69 Å². The van der Waals surface area contributed by atoms with Crippen molar-refractivity contribution in [3.05, 3.63) is 42.7 Å². The first kappa shape index (κ1) is 8.81. The number of hydrogen-bond acceptors (Lipinski definition) is 2. The van der Waals surface area contributed by atoms with Crippen molar-refractivity contribution >= 4 is 11.6 Å². The van der Waals surface area contributed by atoms with Crippen LogP contribution in [0.5, 0.6) is 0 Å². The van der Waals surface area contributed by atoms with E-state index in [2.05, 4.69) is 0 Å². The van der Waals surface area contributed by atoms with Gasteiger partial charge < -0.3 is 9.80 Å². The van der Waals surface area contributed by atoms with Crippen molar-refractivity contribution in [1.29, 1.82) is 0 Å². The molecule has 1 aromatic rings. The van der Waals surface area contributed by atoms with E-state index in [1.807, 2.05) is 41.4 Å². The maximum Gasteiger partial charge on any atom is 0.246 e. The van der Waals surface area contributed by atoms with Gasteiger partial charge in [0, 0.05) is 25.1 Å². The fourth-order valence-electron chi connectivity index (χ4n) is 1.37. The van der Waals surface area contributed by atoms with Gasteiger partial charge >= 0.3 is 0 Å². The Hall–Kier alpha value is -1.77. The highest BCUT2D eigenvalue weighted by molar-refractivity contribution is 5.84. The summed E-state index contributed by atoms with van der Waals surface area (Å²) in [6.45, 7) is 0.414. The lowest BCUT2D eigenvalue weighted by Crippen LogP contribution is -2.37. The summed E-state index contributed by atoms with van der Waals surface area (Å²) in [7, 11) is 1.77. The number of para-hydroxylation sites is 1. The number of benzene rings is 1. The van der Waals surface area contributed by atoms with E-state index in [4.69, 9.17) is 0 Å². The second-order valence-electron chi connectivity index (χ2n) is 3.27. The third-order valence-electron chi connectivity index (χ3n) is 2.26. The Bertz CT molecular complexity index is 359. The van der Waals surface area contributed by atoms with Gasteiger partial charge in [0.1, 0.15) is 6.54 Å². The molecular formula is C11H12N2O. The summed E-state index contributed by atoms with van der Waals surface area (Å²) in [6.07, 6.45) is 3.69. The van der Waals surface area contributed by atoms with Gasteiger partial charge in [-0.05, 0) is 12.1 Å². The van der Waals surface area contributed by atoms with Crippen molar-refractivity contribution in [2.45, 2.75) is 0 Å². The number of carbonyl (C=O) groups is 1. The second-order valence-corrected chi connectivity index (χ2v) is 3.27. The van der Waals surface area contributed by atoms with E-state index >= 15 is 0 Å². The molecule has 1 heterocycles. The van der Waals surface area contributed by atoms with Gasteiger partial charge in [0.25, 0.3) is 0 Å². The molecule has 0 fully saturated rings. The van der Waals surface area contributed by atoms with Crippen molar-refractivity contribution in [2.24, 2.45) is 0 Å². The minimum absolute atomic E-state index is 0.108. The quantitative estimate of drug-likeness (QED) is 0.665. The molecular weight excluding hydrogens is 176 g/mol. The third kappa shape index (κ3) is 1.62. The first-order valence-electron chi connectivity index (χ1n) is 4.53. The summed E-state index contributed by atoms with van der Waals surface area (Å²) in [4.78, 5) is 14.9. The molecule has 0 aromatic heterocycles. The van der Waals surface area contributed by atoms with Crippen molar-refractivity contribution < 1.29 is 4.79 Å². The molecule has 2 rings (SSSR count). The van der Waals surface area contributed by atoms with Gasteiger partial charge in [-0.1, -0.05) is 18.2 Å². The second kappa shape index (κ2) is 3.54. The van der Waals surface area contributed by atoms with E-state index < -0.39 is 0 Å². The largest absolute Gasteiger partial charge is 0.337 e. The Balaban J connectivity index is 2.22. The summed E-state index contributed by atoms with van der Waals surface area (Å²) >= 11 is 0. The van der Waals surface area contributed by atoms with E-state index in [0.29, 0.717) is 6.54 Å². The first-order chi connectivity index (χ1) is 6.77. The van der Waals surface area contributed by atoms with Gasteiger partial charge in [-0.25, -0.2) is 0 Å². The molecule has 3 heteroatoms. The Morgan fingerprint density at radius 1 is 1.14 bits per heavy atom. The number of nitrogens with zero attached hydrogens (tertiary/aromatic N) is 2. The molecule has 1 aliphatic heterocycles. The number of carbonyl (C=O) groups excluding carboxylic acids is 1. The van der Waals surface area contributed by atoms with E-state index in [1.165, 1.54) is 0 Å². The molecule has 0 unspecified atom stereocenters. The van der Waals surface area contributed by atoms with Crippen molar-refractivity contribution in [2.75, 3.05) is 18.5 Å². The monoisotopic (exact) mass is 188 g/mol. The molecule has 0 radical (unpaired) electrons. The first-order valence-corrected chi connectivity index (χ1v) is 4.53. The van der Waals surface area contributed by atoms with Gasteiger partial charge in [-0.15, -0.1) is 0 Å². The Kier molecular flexibility index (Phi) is 2.23. The summed E-state index contributed by atoms with van der Waals surface area (Å²) < 4.78 is 0. The van der Waals surface area contributed by atoms with Crippen molar-refractivity contribution in [1.82, 2.24) is 4.90 Å². The summed E-state index contributed by atoms with van der Waals surface area (Å²) in [5.41, 5.74) is 1.05. The van der Waals surface area contributed by atoms with E-state index in [0.717, 1.165) is 5.69 Å². The Morgan fingerprint density at radius 3 is 2.50 bits per heavy atom. The average Bonchev–Trinajstić information content (AvgIpc) is 2.23. The molecule has 0 atom stereocenters. The molecule has 1 aliphatic rings. The summed E-state index contributed by atoms with van der Waals surface area (Å²) in [5.74, 6) is 0.108. The van der Waals surface area contributed by atoms with Crippen LogP contribution in [0.2, 0.25) is 0 Å². The summed E-state index contributed by atoms with van der Waals surface area (Å²) in [5, 5.41) is 0. The highest BCUT2D eigenvalue weighted by atomic mass is 16.2. The lowest BCUT2D eigenvalue weighted by molar-refractivity contribution is -0.126. The maximum atomic E-state index is 11.4. The van der Waals surface area contributed by atoms with Crippen LogP contribution in [0.25, 0.3) is 0 Å². The highest BCUT2D eigenvalue weighted by Crippen LogP contribution is 2.15. The summed E-state index contributed by atoms with van der Waals surface area (Å²) in [6, 6.07) is 9.87. The molecule has 0 saturated heterocycles. The van der Waals surface area contributed by atoms with Crippen LogP contribution < -0.4 is 4.90 Å². The number of hydrogen-bond donors (Lipinski definition) is 0. The number of likely N-dealkylation sites (N-methyl/N-ethyl adjacent to an activating group) is 1. The molecule has 14 heavy (non-hydrogen) atoms. The van der Waals surface area contributed by atoms with E-state index in [1.54, 1.807) is 18.1 Å². The average molecular weight is 188 g/mol. The van der Waals surface area contributed by atoms with Crippen LogP contribution in [-0.2, 0) is 4.79 Å². The Morgan fingerprint density at radius 2 is 1.86 bits per heavy atom. The van der Waals surface area contributed by atoms with Crippen molar-refractivity contribution in [3.63, 3.8) is 0 Å². The lowest BCUT2D eigenvalue weighted by atomic mass is 10.3. The fourth-order valence-corrected chi connectivity index (χ4v) is 1.37. The SMILES string of the molecule is CN1C=CN(c2ccccc2)CC1=O. The van der Waals surface area contributed by atoms with Crippen LogP contribution >= 0.6 is 0 Å². The molecule has 0 N–H and O–H groups in total. The predicted molar refractivity (Wildman–Crippen MR) is 55.7 cm³/mol. The normalized spacial score (nSPS) is 16.2. The number of anilines is 1. The fraction of sp³-hybridized carbons (Fsp3) is 0.182. The molecule has 1 aromatic carbocycles. The van der Waals surface area contributed by atoms with Crippen molar-refractivity contribution in [3.8, 4) is 0 Å². The zero-order valence-corrected chi connectivity index (χ0v) is 8.05. The number of rotatable bonds is 1. The molecule has 0 saturated carbocycles. The van der Waals surface area contributed by atoms with Gasteiger partial charge in [0.2, 0.25) is 5.91 Å². The molecule has 3 nitrogen and oxygen atoms in total. The van der Waals surface area contributed by atoms with Crippen LogP contribution in [-0.4, -0.2) is 24.4 Å². The molecule has 0 spiro atoms. The molecule has 0 aliphatic carbocycles. The van der Waals surface area contributed by atoms with Crippen LogP contribution in [0.15, 0.2) is 42.7 Å². The van der Waals surface area contributed by atoms with E-state index in [-0.39, 0.29) is 5.91 Å². The Labute approximate surface area is 83.2 Å². The van der Waals surface area contributed by atoms with Gasteiger partial charge in [-0.3, -0.25) is 4.79 Å². The van der Waals surface area contributed by atoms with Gasteiger partial charge in [-0.2, -0.15) is 0 Å². The maximum absolute atomic E-state index is 11.4. The minimum Gasteiger partial charge on any atom is -0.337 e. The predicted octanol–water partition coefficient (Wildman–Crippen LogP) is 1.44. The molecule has 72 valence electrons. The zero-order valence-electron chi connectivity index (χ0n) is 8.05. The third-order valence-corrected chi connectivity index (χ3v) is 2.26. The number of amides is 1. The standard InChI is InChI=1S/C11H12N2O/c1-12-7-8-13(9-11(12)14)10-5-3-2-4-6-10/h2-8H,9H2,1H3. The smallest absolute Gasteiger partial charge is 0.246 e. The minimum atomic E-state index is 0.108. The van der Waals surface area contributed by atoms with Crippen LogP contribution in [0, 0.1) is 0 Å². The zero-order chi connectivity index (χ0) is 9.97. The highest BCUT2D eigenvalue weighted by Gasteiger charge is 2.15. The van der Waals surface area contributed by atoms with Gasteiger partial charge in [0.05, 0.1) is 0 Å². The topological polar surface area (TPSA) is 23.6 Å². The molecule has 0 bridgehead atoms. The van der Waals surface area contributed by atoms with E-state index in [9.17, 15) is 4.79 Å². The van der Waals surface area contributed by atoms with Crippen LogP contribution in [0.1, 0.15) is 0 Å². The lowest BCUT2D eigenvalue weighted by Gasteiger charge is -2.27. The molecule has 1 amide bonds.